The molecule has 114 valence electrons. The molecule has 21 heavy (non-hydrogen) atoms. The summed E-state index contributed by atoms with van der Waals surface area (Å²) in [5.41, 5.74) is 0.0655. The Labute approximate surface area is 127 Å². The number of rotatable bonds is 3. The molecule has 0 bridgehead atoms. The maximum Gasteiger partial charge on any atom is 0.313 e. The molecule has 1 aromatic rings. The number of benzene rings is 1. The molecule has 0 radical (unpaired) electrons. The molecule has 1 fully saturated rings. The molecule has 1 atom stereocenters. The summed E-state index contributed by atoms with van der Waals surface area (Å²) in [6.07, 6.45) is 0.433. The van der Waals surface area contributed by atoms with E-state index in [9.17, 15) is 14.7 Å². The molecule has 1 saturated heterocycles. The standard InChI is InChI=1S/C14H17ClN2O4/c1-9-10(15)3-2-4-11(9)17-13(19)12(18)16-7-14(20)5-6-21-8-14/h2-4,20H,5-8H2,1H3,(H,16,18)(H,17,19)/t14-/m1/s1. The lowest BCUT2D eigenvalue weighted by molar-refractivity contribution is -0.136. The minimum Gasteiger partial charge on any atom is -0.386 e. The average Bonchev–Trinajstić information content (AvgIpc) is 2.88. The number of hydrogen-bond donors (Lipinski definition) is 3. The summed E-state index contributed by atoms with van der Waals surface area (Å²) in [7, 11) is 0. The lowest BCUT2D eigenvalue weighted by Crippen LogP contribution is -2.46. The van der Waals surface area contributed by atoms with Crippen molar-refractivity contribution in [3.8, 4) is 0 Å². The van der Waals surface area contributed by atoms with Gasteiger partial charge < -0.3 is 20.5 Å². The van der Waals surface area contributed by atoms with Gasteiger partial charge >= 0.3 is 11.8 Å². The number of ether oxygens (including phenoxy) is 1. The van der Waals surface area contributed by atoms with Crippen LogP contribution in [0.2, 0.25) is 5.02 Å². The summed E-state index contributed by atoms with van der Waals surface area (Å²) in [5, 5.41) is 15.4. The fourth-order valence-corrected chi connectivity index (χ4v) is 2.16. The lowest BCUT2D eigenvalue weighted by Gasteiger charge is -2.20. The van der Waals surface area contributed by atoms with Gasteiger partial charge in [0, 0.05) is 30.3 Å². The van der Waals surface area contributed by atoms with Crippen molar-refractivity contribution < 1.29 is 19.4 Å². The van der Waals surface area contributed by atoms with Crippen LogP contribution in [0.1, 0.15) is 12.0 Å². The Morgan fingerprint density at radius 2 is 2.19 bits per heavy atom. The van der Waals surface area contributed by atoms with E-state index in [-0.39, 0.29) is 13.2 Å². The van der Waals surface area contributed by atoms with Crippen LogP contribution < -0.4 is 10.6 Å². The third-order valence-electron chi connectivity index (χ3n) is 3.38. The number of aliphatic hydroxyl groups is 1. The van der Waals surface area contributed by atoms with Crippen molar-refractivity contribution in [2.24, 2.45) is 0 Å². The van der Waals surface area contributed by atoms with Gasteiger partial charge in [0.2, 0.25) is 0 Å². The van der Waals surface area contributed by atoms with Crippen LogP contribution in [0.4, 0.5) is 5.69 Å². The van der Waals surface area contributed by atoms with Crippen LogP contribution >= 0.6 is 11.6 Å². The SMILES string of the molecule is Cc1c(Cl)cccc1NC(=O)C(=O)NC[C@]1(O)CCOC1. The second-order valence-electron chi connectivity index (χ2n) is 5.08. The molecule has 0 aliphatic carbocycles. The number of carbonyl (C=O) groups is 2. The van der Waals surface area contributed by atoms with Gasteiger partial charge in [-0.2, -0.15) is 0 Å². The smallest absolute Gasteiger partial charge is 0.313 e. The summed E-state index contributed by atoms with van der Waals surface area (Å²) in [6, 6.07) is 5.04. The molecule has 2 amide bonds. The summed E-state index contributed by atoms with van der Waals surface area (Å²) in [5.74, 6) is -1.61. The fourth-order valence-electron chi connectivity index (χ4n) is 1.98. The van der Waals surface area contributed by atoms with Crippen molar-refractivity contribution >= 4 is 29.1 Å². The molecule has 1 aliphatic rings. The van der Waals surface area contributed by atoms with Crippen LogP contribution in [0.5, 0.6) is 0 Å². The molecule has 0 spiro atoms. The van der Waals surface area contributed by atoms with E-state index in [1.165, 1.54) is 0 Å². The Hall–Kier alpha value is -1.63. The van der Waals surface area contributed by atoms with Crippen LogP contribution in [0.3, 0.4) is 0 Å². The van der Waals surface area contributed by atoms with E-state index < -0.39 is 17.4 Å². The van der Waals surface area contributed by atoms with Crippen molar-refractivity contribution in [1.29, 1.82) is 0 Å². The predicted octanol–water partition coefficient (Wildman–Crippen LogP) is 0.855. The highest BCUT2D eigenvalue weighted by molar-refractivity contribution is 6.40. The fraction of sp³-hybridized carbons (Fsp3) is 0.429. The molecule has 3 N–H and O–H groups in total. The van der Waals surface area contributed by atoms with Crippen molar-refractivity contribution in [1.82, 2.24) is 5.32 Å². The van der Waals surface area contributed by atoms with Crippen molar-refractivity contribution in [3.05, 3.63) is 28.8 Å². The van der Waals surface area contributed by atoms with Crippen molar-refractivity contribution in [3.63, 3.8) is 0 Å². The van der Waals surface area contributed by atoms with Crippen LogP contribution in [-0.4, -0.2) is 42.3 Å². The minimum atomic E-state index is -1.10. The van der Waals surface area contributed by atoms with E-state index in [1.807, 2.05) is 0 Å². The zero-order chi connectivity index (χ0) is 15.5. The van der Waals surface area contributed by atoms with E-state index in [4.69, 9.17) is 16.3 Å². The average molecular weight is 313 g/mol. The molecule has 2 rings (SSSR count). The Balaban J connectivity index is 1.91. The second-order valence-corrected chi connectivity index (χ2v) is 5.48. The summed E-state index contributed by atoms with van der Waals surface area (Å²) in [6.45, 7) is 2.32. The molecular weight excluding hydrogens is 296 g/mol. The third kappa shape index (κ3) is 3.93. The minimum absolute atomic E-state index is 0.0201. The van der Waals surface area contributed by atoms with Gasteiger partial charge in [-0.15, -0.1) is 0 Å². The second kappa shape index (κ2) is 6.43. The van der Waals surface area contributed by atoms with Gasteiger partial charge in [0.15, 0.2) is 0 Å². The topological polar surface area (TPSA) is 87.7 Å². The first-order chi connectivity index (χ1) is 9.91. The summed E-state index contributed by atoms with van der Waals surface area (Å²) >= 11 is 5.94. The molecule has 7 heteroatoms. The molecule has 1 aliphatic heterocycles. The Morgan fingerprint density at radius 3 is 2.86 bits per heavy atom. The summed E-state index contributed by atoms with van der Waals surface area (Å²) < 4.78 is 5.06. The van der Waals surface area contributed by atoms with Crippen molar-refractivity contribution in [2.75, 3.05) is 25.1 Å². The molecular formula is C14H17ClN2O4. The first-order valence-corrected chi connectivity index (χ1v) is 6.93. The van der Waals surface area contributed by atoms with Gasteiger partial charge in [-0.3, -0.25) is 9.59 Å². The monoisotopic (exact) mass is 312 g/mol. The van der Waals surface area contributed by atoms with Crippen LogP contribution in [0.25, 0.3) is 0 Å². The number of amides is 2. The van der Waals surface area contributed by atoms with Gasteiger partial charge in [0.25, 0.3) is 0 Å². The van der Waals surface area contributed by atoms with Gasteiger partial charge in [-0.1, -0.05) is 17.7 Å². The number of hydrogen-bond acceptors (Lipinski definition) is 4. The Kier molecular flexibility index (Phi) is 4.82. The highest BCUT2D eigenvalue weighted by atomic mass is 35.5. The normalized spacial score (nSPS) is 21.1. The lowest BCUT2D eigenvalue weighted by atomic mass is 10.0. The first-order valence-electron chi connectivity index (χ1n) is 6.56. The van der Waals surface area contributed by atoms with Crippen LogP contribution in [0.15, 0.2) is 18.2 Å². The molecule has 6 nitrogen and oxygen atoms in total. The zero-order valence-corrected chi connectivity index (χ0v) is 12.4. The van der Waals surface area contributed by atoms with Gasteiger partial charge in [-0.25, -0.2) is 0 Å². The Bertz CT molecular complexity index is 556. The highest BCUT2D eigenvalue weighted by Crippen LogP contribution is 2.22. The van der Waals surface area contributed by atoms with Gasteiger partial charge in [0.05, 0.1) is 6.61 Å². The maximum absolute atomic E-state index is 11.8. The van der Waals surface area contributed by atoms with Crippen molar-refractivity contribution in [2.45, 2.75) is 18.9 Å². The van der Waals surface area contributed by atoms with Gasteiger partial charge in [-0.05, 0) is 24.6 Å². The molecule has 0 saturated carbocycles. The molecule has 0 aromatic heterocycles. The van der Waals surface area contributed by atoms with E-state index in [2.05, 4.69) is 10.6 Å². The van der Waals surface area contributed by atoms with E-state index in [0.717, 1.165) is 0 Å². The third-order valence-corrected chi connectivity index (χ3v) is 3.79. The van der Waals surface area contributed by atoms with E-state index in [0.29, 0.717) is 29.3 Å². The summed E-state index contributed by atoms with van der Waals surface area (Å²) in [4.78, 5) is 23.5. The molecule has 1 aromatic carbocycles. The number of nitrogens with one attached hydrogen (secondary N) is 2. The van der Waals surface area contributed by atoms with Crippen LogP contribution in [0, 0.1) is 6.92 Å². The van der Waals surface area contributed by atoms with E-state index in [1.54, 1.807) is 25.1 Å². The molecule has 0 unspecified atom stereocenters. The number of carbonyl (C=O) groups excluding carboxylic acids is 2. The predicted molar refractivity (Wildman–Crippen MR) is 78.2 cm³/mol. The first kappa shape index (κ1) is 15.8. The maximum atomic E-state index is 11.8. The molecule has 1 heterocycles. The van der Waals surface area contributed by atoms with Gasteiger partial charge in [0.1, 0.15) is 5.60 Å². The number of halogens is 1. The van der Waals surface area contributed by atoms with E-state index >= 15 is 0 Å². The van der Waals surface area contributed by atoms with Crippen LogP contribution in [-0.2, 0) is 14.3 Å². The zero-order valence-electron chi connectivity index (χ0n) is 11.6. The highest BCUT2D eigenvalue weighted by Gasteiger charge is 2.33. The number of anilines is 1. The quantitative estimate of drug-likeness (QED) is 0.722. The largest absolute Gasteiger partial charge is 0.386 e. The Morgan fingerprint density at radius 1 is 1.43 bits per heavy atom.